The smallest absolute Gasteiger partial charge is 0.123 e. The van der Waals surface area contributed by atoms with Gasteiger partial charge in [-0.25, -0.2) is 4.39 Å². The van der Waals surface area contributed by atoms with Gasteiger partial charge < -0.3 is 4.98 Å². The first-order chi connectivity index (χ1) is 7.29. The van der Waals surface area contributed by atoms with Gasteiger partial charge in [0.2, 0.25) is 0 Å². The molecule has 0 saturated heterocycles. The second kappa shape index (κ2) is 4.30. The highest BCUT2D eigenvalue weighted by molar-refractivity contribution is 5.80. The molecule has 1 N–H and O–H groups in total. The van der Waals surface area contributed by atoms with E-state index < -0.39 is 0 Å². The Morgan fingerprint density at radius 3 is 3.00 bits per heavy atom. The van der Waals surface area contributed by atoms with E-state index >= 15 is 0 Å². The predicted molar refractivity (Wildman–Crippen MR) is 61.4 cm³/mol. The maximum absolute atomic E-state index is 12.9. The Morgan fingerprint density at radius 2 is 2.20 bits per heavy atom. The lowest BCUT2D eigenvalue weighted by Gasteiger charge is -1.93. The first kappa shape index (κ1) is 9.97. The molecule has 0 amide bonds. The summed E-state index contributed by atoms with van der Waals surface area (Å²) in [7, 11) is 0. The van der Waals surface area contributed by atoms with E-state index in [2.05, 4.69) is 11.6 Å². The van der Waals surface area contributed by atoms with Crippen molar-refractivity contribution in [2.45, 2.75) is 19.3 Å². The van der Waals surface area contributed by atoms with Crippen molar-refractivity contribution < 1.29 is 4.39 Å². The van der Waals surface area contributed by atoms with Crippen LogP contribution in [0.1, 0.15) is 18.5 Å². The van der Waals surface area contributed by atoms with Gasteiger partial charge in [0.15, 0.2) is 0 Å². The predicted octanol–water partition coefficient (Wildman–Crippen LogP) is 3.82. The number of hydrogen-bond acceptors (Lipinski definition) is 0. The fraction of sp³-hybridized carbons (Fsp3) is 0.231. The lowest BCUT2D eigenvalue weighted by atomic mass is 10.2. The first-order valence-electron chi connectivity index (χ1n) is 5.17. The summed E-state index contributed by atoms with van der Waals surface area (Å²) in [4.78, 5) is 3.28. The summed E-state index contributed by atoms with van der Waals surface area (Å²) < 4.78 is 12.9. The Labute approximate surface area is 88.6 Å². The van der Waals surface area contributed by atoms with Crippen molar-refractivity contribution in [1.29, 1.82) is 0 Å². The van der Waals surface area contributed by atoms with Gasteiger partial charge in [0.05, 0.1) is 0 Å². The van der Waals surface area contributed by atoms with E-state index in [1.807, 2.05) is 12.1 Å². The molecule has 1 nitrogen and oxygen atoms in total. The van der Waals surface area contributed by atoms with E-state index in [9.17, 15) is 4.39 Å². The van der Waals surface area contributed by atoms with Crippen LogP contribution in [0.15, 0.2) is 36.9 Å². The molecule has 2 rings (SSSR count). The zero-order valence-electron chi connectivity index (χ0n) is 8.59. The molecule has 78 valence electrons. The monoisotopic (exact) mass is 203 g/mol. The number of aromatic nitrogens is 1. The number of aromatic amines is 1. The minimum Gasteiger partial charge on any atom is -0.358 e. The van der Waals surface area contributed by atoms with Crippen molar-refractivity contribution in [2.75, 3.05) is 0 Å². The lowest BCUT2D eigenvalue weighted by Crippen LogP contribution is -1.83. The second-order valence-corrected chi connectivity index (χ2v) is 3.71. The summed E-state index contributed by atoms with van der Waals surface area (Å²) in [5, 5.41) is 0.948. The van der Waals surface area contributed by atoms with Gasteiger partial charge in [-0.2, -0.15) is 0 Å². The van der Waals surface area contributed by atoms with Crippen LogP contribution in [0.3, 0.4) is 0 Å². The molecule has 0 saturated carbocycles. The molecule has 0 bridgehead atoms. The van der Waals surface area contributed by atoms with Crippen molar-refractivity contribution in [2.24, 2.45) is 0 Å². The van der Waals surface area contributed by atoms with E-state index in [0.29, 0.717) is 0 Å². The largest absolute Gasteiger partial charge is 0.358 e. The molecule has 0 fully saturated rings. The van der Waals surface area contributed by atoms with Crippen LogP contribution in [0.25, 0.3) is 10.9 Å². The minimum absolute atomic E-state index is 0.181. The molecule has 1 aromatic carbocycles. The average Bonchev–Trinajstić information content (AvgIpc) is 2.60. The molecule has 0 aliphatic carbocycles. The lowest BCUT2D eigenvalue weighted by molar-refractivity contribution is 0.630. The highest BCUT2D eigenvalue weighted by atomic mass is 19.1. The van der Waals surface area contributed by atoms with Crippen molar-refractivity contribution in [3.8, 4) is 0 Å². The summed E-state index contributed by atoms with van der Waals surface area (Å²) in [5.41, 5.74) is 2.17. The number of benzene rings is 1. The third-order valence-electron chi connectivity index (χ3n) is 2.49. The fourth-order valence-electron chi connectivity index (χ4n) is 1.74. The van der Waals surface area contributed by atoms with Crippen LogP contribution in [-0.4, -0.2) is 4.98 Å². The van der Waals surface area contributed by atoms with E-state index in [1.54, 1.807) is 12.1 Å². The van der Waals surface area contributed by atoms with Crippen LogP contribution < -0.4 is 0 Å². The molecule has 0 atom stereocenters. The molecule has 0 unspecified atom stereocenters. The van der Waals surface area contributed by atoms with Gasteiger partial charge in [0, 0.05) is 16.6 Å². The van der Waals surface area contributed by atoms with Gasteiger partial charge in [-0.05, 0) is 43.5 Å². The van der Waals surface area contributed by atoms with Crippen molar-refractivity contribution in [3.05, 3.63) is 48.4 Å². The van der Waals surface area contributed by atoms with Gasteiger partial charge in [-0.3, -0.25) is 0 Å². The van der Waals surface area contributed by atoms with Gasteiger partial charge >= 0.3 is 0 Å². The number of halogens is 1. The third kappa shape index (κ3) is 2.27. The molecule has 1 aromatic heterocycles. The van der Waals surface area contributed by atoms with Gasteiger partial charge in [0.1, 0.15) is 5.82 Å². The molecular weight excluding hydrogens is 189 g/mol. The van der Waals surface area contributed by atoms with Crippen LogP contribution in [0.5, 0.6) is 0 Å². The molecule has 0 radical (unpaired) electrons. The highest BCUT2D eigenvalue weighted by Crippen LogP contribution is 2.17. The maximum Gasteiger partial charge on any atom is 0.123 e. The number of fused-ring (bicyclic) bond motifs is 1. The second-order valence-electron chi connectivity index (χ2n) is 3.71. The van der Waals surface area contributed by atoms with E-state index in [0.717, 1.165) is 35.9 Å². The quantitative estimate of drug-likeness (QED) is 0.574. The number of nitrogens with one attached hydrogen (secondary N) is 1. The van der Waals surface area contributed by atoms with Gasteiger partial charge in [0.25, 0.3) is 0 Å². The molecule has 15 heavy (non-hydrogen) atoms. The van der Waals surface area contributed by atoms with Crippen LogP contribution in [0, 0.1) is 5.82 Å². The fourth-order valence-corrected chi connectivity index (χ4v) is 1.74. The first-order valence-corrected chi connectivity index (χ1v) is 5.17. The molecule has 0 aliphatic rings. The van der Waals surface area contributed by atoms with Crippen LogP contribution >= 0.6 is 0 Å². The molecular formula is C13H14FN. The molecule has 1 heterocycles. The standard InChI is InChI=1S/C13H14FN/c1-2-3-4-5-12-9-10-8-11(14)6-7-13(10)15-12/h2,6-9,15H,1,3-5H2. The number of aryl methyl sites for hydroxylation is 1. The van der Waals surface area contributed by atoms with Crippen LogP contribution in [-0.2, 0) is 6.42 Å². The minimum atomic E-state index is -0.181. The van der Waals surface area contributed by atoms with Crippen LogP contribution in [0.4, 0.5) is 4.39 Å². The zero-order valence-corrected chi connectivity index (χ0v) is 8.59. The summed E-state index contributed by atoms with van der Waals surface area (Å²) in [6.07, 6.45) is 5.01. The van der Waals surface area contributed by atoms with Crippen molar-refractivity contribution in [1.82, 2.24) is 4.98 Å². The SMILES string of the molecule is C=CCCCc1cc2cc(F)ccc2[nH]1. The summed E-state index contributed by atoms with van der Waals surface area (Å²) >= 11 is 0. The summed E-state index contributed by atoms with van der Waals surface area (Å²) in [6.45, 7) is 3.69. The molecule has 2 aromatic rings. The Hall–Kier alpha value is -1.57. The Kier molecular flexibility index (Phi) is 2.86. The van der Waals surface area contributed by atoms with E-state index in [4.69, 9.17) is 0 Å². The highest BCUT2D eigenvalue weighted by Gasteiger charge is 2.01. The van der Waals surface area contributed by atoms with E-state index in [-0.39, 0.29) is 5.82 Å². The van der Waals surface area contributed by atoms with Crippen molar-refractivity contribution in [3.63, 3.8) is 0 Å². The van der Waals surface area contributed by atoms with Gasteiger partial charge in [-0.1, -0.05) is 6.08 Å². The topological polar surface area (TPSA) is 15.8 Å². The van der Waals surface area contributed by atoms with Crippen LogP contribution in [0.2, 0.25) is 0 Å². The Bertz CT molecular complexity index is 470. The summed E-state index contributed by atoms with van der Waals surface area (Å²) in [6, 6.07) is 6.83. The zero-order chi connectivity index (χ0) is 10.7. The Balaban J connectivity index is 2.19. The Morgan fingerprint density at radius 1 is 1.33 bits per heavy atom. The molecule has 2 heteroatoms. The molecule has 0 spiro atoms. The number of allylic oxidation sites excluding steroid dienone is 1. The normalized spacial score (nSPS) is 10.7. The molecule has 0 aliphatic heterocycles. The maximum atomic E-state index is 12.9. The van der Waals surface area contributed by atoms with Crippen molar-refractivity contribution >= 4 is 10.9 Å². The number of hydrogen-bond donors (Lipinski definition) is 1. The van der Waals surface area contributed by atoms with Gasteiger partial charge in [-0.15, -0.1) is 6.58 Å². The number of unbranched alkanes of at least 4 members (excludes halogenated alkanes) is 1. The third-order valence-corrected chi connectivity index (χ3v) is 2.49. The van der Waals surface area contributed by atoms with E-state index in [1.165, 1.54) is 6.07 Å². The number of rotatable bonds is 4. The summed E-state index contributed by atoms with van der Waals surface area (Å²) in [5.74, 6) is -0.181. The number of H-pyrrole nitrogens is 1. The average molecular weight is 203 g/mol.